The summed E-state index contributed by atoms with van der Waals surface area (Å²) in [6.45, 7) is 3.50. The van der Waals surface area contributed by atoms with E-state index in [1.54, 1.807) is 0 Å². The monoisotopic (exact) mass is 426 g/mol. The molecule has 2 rings (SSSR count). The van der Waals surface area contributed by atoms with E-state index in [1.807, 2.05) is 13.8 Å². The van der Waals surface area contributed by atoms with Gasteiger partial charge in [0.2, 0.25) is 0 Å². The van der Waals surface area contributed by atoms with Gasteiger partial charge in [0.25, 0.3) is 11.8 Å². The first-order valence-electron chi connectivity index (χ1n) is 9.25. The lowest BCUT2D eigenvalue weighted by Crippen LogP contribution is -2.45. The molecule has 10 heteroatoms. The van der Waals surface area contributed by atoms with Crippen molar-refractivity contribution < 1.29 is 32.3 Å². The first kappa shape index (κ1) is 22.7. The van der Waals surface area contributed by atoms with E-state index in [0.29, 0.717) is 18.7 Å². The number of ether oxygens (including phenoxy) is 2. The van der Waals surface area contributed by atoms with Crippen molar-refractivity contribution in [2.24, 2.45) is 11.7 Å². The molecule has 1 saturated heterocycles. The molecule has 1 fully saturated rings. The molecule has 0 aliphatic carbocycles. The van der Waals surface area contributed by atoms with E-state index >= 15 is 0 Å². The van der Waals surface area contributed by atoms with Crippen molar-refractivity contribution in [1.82, 2.24) is 4.90 Å². The van der Waals surface area contributed by atoms with E-state index in [0.717, 1.165) is 0 Å². The number of benzene rings is 1. The highest BCUT2D eigenvalue weighted by atomic mass is 32.2. The van der Waals surface area contributed by atoms with Gasteiger partial charge in [0.15, 0.2) is 23.1 Å². The second-order valence-corrected chi connectivity index (χ2v) is 9.58. The molecule has 1 aromatic rings. The summed E-state index contributed by atoms with van der Waals surface area (Å²) in [4.78, 5) is 37.0. The summed E-state index contributed by atoms with van der Waals surface area (Å²) in [5.41, 5.74) is 5.20. The summed E-state index contributed by atoms with van der Waals surface area (Å²) in [6, 6.07) is 5.46. The number of hydrogen-bond donors (Lipinski definition) is 1. The number of amides is 2. The molecule has 1 aliphatic rings. The van der Waals surface area contributed by atoms with Crippen LogP contribution in [0.1, 0.15) is 30.6 Å². The third-order valence-electron chi connectivity index (χ3n) is 4.33. The number of hydrogen-bond acceptors (Lipinski definition) is 7. The number of nitrogens with two attached hydrogens (primary N) is 1. The maximum atomic E-state index is 12.6. The average Bonchev–Trinajstić information content (AvgIpc) is 3.02. The van der Waals surface area contributed by atoms with E-state index in [-0.39, 0.29) is 29.6 Å². The number of primary amides is 1. The molecule has 1 aliphatic heterocycles. The molecule has 0 aromatic heterocycles. The van der Waals surface area contributed by atoms with Crippen LogP contribution in [0.2, 0.25) is 0 Å². The normalized spacial score (nSPS) is 17.7. The maximum absolute atomic E-state index is 12.6. The summed E-state index contributed by atoms with van der Waals surface area (Å²) in [7, 11) is -3.14. The molecular weight excluding hydrogens is 400 g/mol. The minimum atomic E-state index is -3.14. The van der Waals surface area contributed by atoms with Gasteiger partial charge in [0.1, 0.15) is 5.75 Å². The minimum Gasteiger partial charge on any atom is -0.484 e. The van der Waals surface area contributed by atoms with E-state index in [1.165, 1.54) is 29.2 Å². The van der Waals surface area contributed by atoms with Crippen molar-refractivity contribution in [1.29, 1.82) is 0 Å². The van der Waals surface area contributed by atoms with Gasteiger partial charge in [-0.3, -0.25) is 9.59 Å². The second-order valence-electron chi connectivity index (χ2n) is 7.35. The van der Waals surface area contributed by atoms with E-state index < -0.39 is 40.3 Å². The van der Waals surface area contributed by atoms with Crippen LogP contribution in [-0.2, 0) is 24.2 Å². The van der Waals surface area contributed by atoms with Crippen LogP contribution in [0, 0.1) is 5.92 Å². The lowest BCUT2D eigenvalue weighted by Gasteiger charge is -2.29. The molecule has 0 saturated carbocycles. The number of carbonyl (C=O) groups excluding carboxylic acids is 3. The molecule has 0 spiro atoms. The quantitative estimate of drug-likeness (QED) is 0.564. The van der Waals surface area contributed by atoms with Crippen molar-refractivity contribution in [3.63, 3.8) is 0 Å². The van der Waals surface area contributed by atoms with Gasteiger partial charge in [-0.25, -0.2) is 13.2 Å². The Morgan fingerprint density at radius 1 is 1.17 bits per heavy atom. The molecule has 1 heterocycles. The van der Waals surface area contributed by atoms with Gasteiger partial charge in [0, 0.05) is 12.6 Å². The number of nitrogens with zero attached hydrogens (tertiary/aromatic N) is 1. The SMILES string of the molecule is CC(C)CN(C(=O)COC(=O)c1ccc(OCC(N)=O)cc1)C1CCS(=O)(=O)C1. The van der Waals surface area contributed by atoms with Crippen LogP contribution in [0.15, 0.2) is 24.3 Å². The maximum Gasteiger partial charge on any atom is 0.338 e. The Morgan fingerprint density at radius 3 is 2.34 bits per heavy atom. The Bertz CT molecular complexity index is 850. The summed E-state index contributed by atoms with van der Waals surface area (Å²) in [5.74, 6) is -1.23. The molecule has 9 nitrogen and oxygen atoms in total. The fourth-order valence-electron chi connectivity index (χ4n) is 3.00. The van der Waals surface area contributed by atoms with Crippen LogP contribution in [0.4, 0.5) is 0 Å². The molecule has 0 bridgehead atoms. The van der Waals surface area contributed by atoms with Crippen molar-refractivity contribution in [2.45, 2.75) is 26.3 Å². The first-order chi connectivity index (χ1) is 13.6. The Hall–Kier alpha value is -2.62. The highest BCUT2D eigenvalue weighted by molar-refractivity contribution is 7.91. The van der Waals surface area contributed by atoms with E-state index in [2.05, 4.69) is 0 Å². The van der Waals surface area contributed by atoms with Gasteiger partial charge < -0.3 is 20.1 Å². The molecule has 2 N–H and O–H groups in total. The topological polar surface area (TPSA) is 133 Å². The van der Waals surface area contributed by atoms with Crippen molar-refractivity contribution in [3.05, 3.63) is 29.8 Å². The van der Waals surface area contributed by atoms with Gasteiger partial charge in [-0.15, -0.1) is 0 Å². The number of rotatable bonds is 9. The zero-order chi connectivity index (χ0) is 21.6. The van der Waals surface area contributed by atoms with Gasteiger partial charge in [-0.05, 0) is 36.6 Å². The Balaban J connectivity index is 1.94. The second kappa shape index (κ2) is 9.73. The van der Waals surface area contributed by atoms with Crippen LogP contribution >= 0.6 is 0 Å². The lowest BCUT2D eigenvalue weighted by molar-refractivity contribution is -0.137. The average molecular weight is 426 g/mol. The van der Waals surface area contributed by atoms with Gasteiger partial charge in [0.05, 0.1) is 17.1 Å². The summed E-state index contributed by atoms with van der Waals surface area (Å²) < 4.78 is 33.7. The molecule has 0 radical (unpaired) electrons. The molecular formula is C19H26N2O7S. The van der Waals surface area contributed by atoms with Gasteiger partial charge in [-0.2, -0.15) is 0 Å². The highest BCUT2D eigenvalue weighted by Crippen LogP contribution is 2.19. The third-order valence-corrected chi connectivity index (χ3v) is 6.08. The fourth-order valence-corrected chi connectivity index (χ4v) is 4.74. The Kier molecular flexibility index (Phi) is 7.60. The van der Waals surface area contributed by atoms with Crippen molar-refractivity contribution in [2.75, 3.05) is 31.3 Å². The number of esters is 1. The van der Waals surface area contributed by atoms with Gasteiger partial charge >= 0.3 is 5.97 Å². The van der Waals surface area contributed by atoms with E-state index in [4.69, 9.17) is 15.2 Å². The van der Waals surface area contributed by atoms with Gasteiger partial charge in [-0.1, -0.05) is 13.8 Å². The van der Waals surface area contributed by atoms with Crippen molar-refractivity contribution in [3.8, 4) is 5.75 Å². The van der Waals surface area contributed by atoms with Crippen LogP contribution in [0.5, 0.6) is 5.75 Å². The number of carbonyl (C=O) groups is 3. The third kappa shape index (κ3) is 7.04. The Labute approximate surface area is 170 Å². The molecule has 160 valence electrons. The van der Waals surface area contributed by atoms with Crippen LogP contribution in [-0.4, -0.2) is 68.4 Å². The molecule has 1 aromatic carbocycles. The molecule has 1 unspecified atom stereocenters. The molecule has 29 heavy (non-hydrogen) atoms. The van der Waals surface area contributed by atoms with E-state index in [9.17, 15) is 22.8 Å². The van der Waals surface area contributed by atoms with Crippen LogP contribution in [0.3, 0.4) is 0 Å². The predicted octanol–water partition coefficient (Wildman–Crippen LogP) is 0.379. The number of sulfone groups is 1. The van der Waals surface area contributed by atoms with Crippen molar-refractivity contribution >= 4 is 27.6 Å². The fraction of sp³-hybridized carbons (Fsp3) is 0.526. The first-order valence-corrected chi connectivity index (χ1v) is 11.1. The summed E-state index contributed by atoms with van der Waals surface area (Å²) in [5, 5.41) is 0. The molecule has 1 atom stereocenters. The Morgan fingerprint density at radius 2 is 1.83 bits per heavy atom. The predicted molar refractivity (Wildman–Crippen MR) is 105 cm³/mol. The van der Waals surface area contributed by atoms with Crippen LogP contribution in [0.25, 0.3) is 0 Å². The summed E-state index contributed by atoms with van der Waals surface area (Å²) >= 11 is 0. The molecule has 2 amide bonds. The highest BCUT2D eigenvalue weighted by Gasteiger charge is 2.35. The largest absolute Gasteiger partial charge is 0.484 e. The standard InChI is InChI=1S/C19H26N2O7S/c1-13(2)9-21(15-7-8-29(25,26)12-15)18(23)11-28-19(24)14-3-5-16(6-4-14)27-10-17(20)22/h3-6,13,15H,7-12H2,1-2H3,(H2,20,22). The lowest BCUT2D eigenvalue weighted by atomic mass is 10.1. The zero-order valence-corrected chi connectivity index (χ0v) is 17.3. The smallest absolute Gasteiger partial charge is 0.338 e. The summed E-state index contributed by atoms with van der Waals surface area (Å²) in [6.07, 6.45) is 0.390. The zero-order valence-electron chi connectivity index (χ0n) is 16.5. The van der Waals surface area contributed by atoms with Crippen LogP contribution < -0.4 is 10.5 Å². The minimum absolute atomic E-state index is 0.0590.